The highest BCUT2D eigenvalue weighted by atomic mass is 32.2. The lowest BCUT2D eigenvalue weighted by Crippen LogP contribution is -2.27. The van der Waals surface area contributed by atoms with E-state index >= 15 is 0 Å². The molecule has 0 aliphatic heterocycles. The molecule has 1 aromatic carbocycles. The molecule has 0 aliphatic rings. The van der Waals surface area contributed by atoms with Crippen LogP contribution in [0, 0.1) is 0 Å². The summed E-state index contributed by atoms with van der Waals surface area (Å²) in [7, 11) is 2.84. The molecule has 0 N–H and O–H groups in total. The first kappa shape index (κ1) is 17.2. The topological polar surface area (TPSA) is 75.5 Å². The summed E-state index contributed by atoms with van der Waals surface area (Å²) < 4.78 is 28.2. The Morgan fingerprint density at radius 3 is 2.52 bits per heavy atom. The number of rotatable bonds is 5. The number of sulfonamides is 1. The first-order valence-electron chi connectivity index (χ1n) is 6.97. The maximum absolute atomic E-state index is 12.7. The monoisotopic (exact) mass is 336 g/mol. The molecule has 124 valence electrons. The molecule has 2 rings (SSSR count). The highest BCUT2D eigenvalue weighted by molar-refractivity contribution is 7.89. The van der Waals surface area contributed by atoms with E-state index in [-0.39, 0.29) is 17.3 Å². The van der Waals surface area contributed by atoms with Crippen molar-refractivity contribution in [3.05, 3.63) is 47.8 Å². The Labute approximate surface area is 136 Å². The molecule has 1 amide bonds. The number of amides is 1. The smallest absolute Gasteiger partial charge is 0.253 e. The van der Waals surface area contributed by atoms with E-state index in [4.69, 9.17) is 0 Å². The van der Waals surface area contributed by atoms with Gasteiger partial charge in [-0.1, -0.05) is 6.07 Å². The summed E-state index contributed by atoms with van der Waals surface area (Å²) in [5, 5.41) is 4.03. The maximum atomic E-state index is 12.7. The Kier molecular flexibility index (Phi) is 4.86. The lowest BCUT2D eigenvalue weighted by molar-refractivity contribution is 0.0827. The molecular weight excluding hydrogens is 316 g/mol. The summed E-state index contributed by atoms with van der Waals surface area (Å²) in [4.78, 5) is 13.5. The fourth-order valence-electron chi connectivity index (χ4n) is 2.12. The average molecular weight is 336 g/mol. The number of nitrogens with zero attached hydrogens (tertiary/aromatic N) is 4. The standard InChI is InChI=1S/C15H20N4O3S/c1-17(2)15(20)13-6-5-7-14(8-13)23(21,22)19(4)11-12-9-16-18(3)10-12/h5-10H,11H2,1-4H3. The molecule has 0 saturated carbocycles. The van der Waals surface area contributed by atoms with Crippen LogP contribution in [0.1, 0.15) is 15.9 Å². The van der Waals surface area contributed by atoms with Crippen LogP contribution in [-0.4, -0.2) is 54.5 Å². The van der Waals surface area contributed by atoms with Crippen molar-refractivity contribution in [3.8, 4) is 0 Å². The van der Waals surface area contributed by atoms with Crippen LogP contribution in [-0.2, 0) is 23.6 Å². The first-order valence-corrected chi connectivity index (χ1v) is 8.41. The number of hydrogen-bond donors (Lipinski definition) is 0. The molecular formula is C15H20N4O3S. The molecule has 7 nitrogen and oxygen atoms in total. The Morgan fingerprint density at radius 2 is 1.96 bits per heavy atom. The molecule has 2 aromatic rings. The van der Waals surface area contributed by atoms with Gasteiger partial charge < -0.3 is 4.90 Å². The molecule has 0 unspecified atom stereocenters. The Morgan fingerprint density at radius 1 is 1.26 bits per heavy atom. The van der Waals surface area contributed by atoms with Crippen molar-refractivity contribution in [3.63, 3.8) is 0 Å². The van der Waals surface area contributed by atoms with Crippen LogP contribution in [0.3, 0.4) is 0 Å². The van der Waals surface area contributed by atoms with E-state index in [1.165, 1.54) is 28.4 Å². The van der Waals surface area contributed by atoms with Gasteiger partial charge in [-0.25, -0.2) is 8.42 Å². The molecule has 1 aromatic heterocycles. The molecule has 0 aliphatic carbocycles. The van der Waals surface area contributed by atoms with Crippen LogP contribution < -0.4 is 0 Å². The van der Waals surface area contributed by atoms with E-state index in [0.29, 0.717) is 5.56 Å². The van der Waals surface area contributed by atoms with Crippen molar-refractivity contribution in [1.82, 2.24) is 19.0 Å². The fraction of sp³-hybridized carbons (Fsp3) is 0.333. The normalized spacial score (nSPS) is 11.7. The van der Waals surface area contributed by atoms with Gasteiger partial charge in [0.25, 0.3) is 5.91 Å². The third kappa shape index (κ3) is 3.77. The lowest BCUT2D eigenvalue weighted by Gasteiger charge is -2.17. The Hall–Kier alpha value is -2.19. The fourth-order valence-corrected chi connectivity index (χ4v) is 3.33. The molecule has 23 heavy (non-hydrogen) atoms. The summed E-state index contributed by atoms with van der Waals surface area (Å²) in [5.41, 5.74) is 1.13. The number of carbonyl (C=O) groups is 1. The van der Waals surface area contributed by atoms with Crippen LogP contribution in [0.4, 0.5) is 0 Å². The van der Waals surface area contributed by atoms with Crippen LogP contribution in [0.25, 0.3) is 0 Å². The number of benzene rings is 1. The van der Waals surface area contributed by atoms with Crippen molar-refractivity contribution in [2.45, 2.75) is 11.4 Å². The minimum Gasteiger partial charge on any atom is -0.345 e. The molecule has 0 bridgehead atoms. The summed E-state index contributed by atoms with van der Waals surface area (Å²) in [6.45, 7) is 0.210. The zero-order chi connectivity index (χ0) is 17.2. The zero-order valence-electron chi connectivity index (χ0n) is 13.6. The van der Waals surface area contributed by atoms with E-state index in [1.807, 2.05) is 0 Å². The van der Waals surface area contributed by atoms with Gasteiger partial charge in [-0.15, -0.1) is 0 Å². The second-order valence-electron chi connectivity index (χ2n) is 5.51. The predicted molar refractivity (Wildman–Crippen MR) is 86.3 cm³/mol. The van der Waals surface area contributed by atoms with Gasteiger partial charge in [0.1, 0.15) is 0 Å². The Bertz CT molecular complexity index is 812. The van der Waals surface area contributed by atoms with Crippen LogP contribution in [0.2, 0.25) is 0 Å². The highest BCUT2D eigenvalue weighted by Gasteiger charge is 2.22. The van der Waals surface area contributed by atoms with Gasteiger partial charge in [0.15, 0.2) is 0 Å². The molecule has 8 heteroatoms. The van der Waals surface area contributed by atoms with Gasteiger partial charge >= 0.3 is 0 Å². The van der Waals surface area contributed by atoms with Gasteiger partial charge in [-0.2, -0.15) is 9.40 Å². The summed E-state index contributed by atoms with van der Waals surface area (Å²) in [6.07, 6.45) is 3.38. The van der Waals surface area contributed by atoms with Crippen LogP contribution in [0.5, 0.6) is 0 Å². The second kappa shape index (κ2) is 6.51. The number of aromatic nitrogens is 2. The van der Waals surface area contributed by atoms with Gasteiger partial charge in [-0.3, -0.25) is 9.48 Å². The van der Waals surface area contributed by atoms with Crippen molar-refractivity contribution < 1.29 is 13.2 Å². The van der Waals surface area contributed by atoms with Crippen molar-refractivity contribution in [2.75, 3.05) is 21.1 Å². The van der Waals surface area contributed by atoms with E-state index in [0.717, 1.165) is 5.56 Å². The molecule has 0 radical (unpaired) electrons. The molecule has 0 saturated heterocycles. The summed E-state index contributed by atoms with van der Waals surface area (Å²) in [5.74, 6) is -0.239. The number of carbonyl (C=O) groups excluding carboxylic acids is 1. The predicted octanol–water partition coefficient (Wildman–Crippen LogP) is 0.943. The molecule has 0 spiro atoms. The van der Waals surface area contributed by atoms with Crippen molar-refractivity contribution in [1.29, 1.82) is 0 Å². The first-order chi connectivity index (χ1) is 10.7. The van der Waals surface area contributed by atoms with Crippen LogP contribution >= 0.6 is 0 Å². The average Bonchev–Trinajstić information content (AvgIpc) is 2.91. The SMILES string of the molecule is CN(C)C(=O)c1cccc(S(=O)(=O)N(C)Cc2cnn(C)c2)c1. The van der Waals surface area contributed by atoms with Crippen LogP contribution in [0.15, 0.2) is 41.6 Å². The Balaban J connectivity index is 2.28. The molecule has 0 fully saturated rings. The lowest BCUT2D eigenvalue weighted by atomic mass is 10.2. The summed E-state index contributed by atoms with van der Waals surface area (Å²) >= 11 is 0. The van der Waals surface area contributed by atoms with Gasteiger partial charge in [0, 0.05) is 52.1 Å². The maximum Gasteiger partial charge on any atom is 0.253 e. The molecule has 0 atom stereocenters. The van der Waals surface area contributed by atoms with Crippen molar-refractivity contribution in [2.24, 2.45) is 7.05 Å². The largest absolute Gasteiger partial charge is 0.345 e. The summed E-state index contributed by atoms with van der Waals surface area (Å²) in [6, 6.07) is 6.06. The van der Waals surface area contributed by atoms with E-state index in [2.05, 4.69) is 5.10 Å². The third-order valence-corrected chi connectivity index (χ3v) is 5.16. The second-order valence-corrected chi connectivity index (χ2v) is 7.56. The van der Waals surface area contributed by atoms with E-state index < -0.39 is 10.0 Å². The van der Waals surface area contributed by atoms with Gasteiger partial charge in [0.2, 0.25) is 10.0 Å². The number of aryl methyl sites for hydroxylation is 1. The minimum atomic E-state index is -3.68. The highest BCUT2D eigenvalue weighted by Crippen LogP contribution is 2.18. The van der Waals surface area contributed by atoms with E-state index in [1.54, 1.807) is 50.4 Å². The minimum absolute atomic E-state index is 0.0941. The van der Waals surface area contributed by atoms with Gasteiger partial charge in [-0.05, 0) is 18.2 Å². The molecule has 1 heterocycles. The van der Waals surface area contributed by atoms with Gasteiger partial charge in [0.05, 0.1) is 11.1 Å². The third-order valence-electron chi connectivity index (χ3n) is 3.36. The zero-order valence-corrected chi connectivity index (χ0v) is 14.4. The number of hydrogen-bond acceptors (Lipinski definition) is 4. The van der Waals surface area contributed by atoms with E-state index in [9.17, 15) is 13.2 Å². The quantitative estimate of drug-likeness (QED) is 0.814. The van der Waals surface area contributed by atoms with Crippen molar-refractivity contribution >= 4 is 15.9 Å².